The molecule has 4 nitrogen and oxygen atoms in total. The van der Waals surface area contributed by atoms with E-state index in [0.29, 0.717) is 12.6 Å². The van der Waals surface area contributed by atoms with Gasteiger partial charge in [0.2, 0.25) is 0 Å². The summed E-state index contributed by atoms with van der Waals surface area (Å²) in [7, 11) is 0. The standard InChI is InChI=1S/C17H30N4/c1-13(2)20-6-8-21(9-7-20)16-11-14(12-18)10-15(19-16)17(3,4)5/h10-11,13H,6-9,12,18H2,1-5H3. The van der Waals surface area contributed by atoms with Gasteiger partial charge in [-0.05, 0) is 31.5 Å². The first kappa shape index (κ1) is 16.2. The Labute approximate surface area is 129 Å². The minimum absolute atomic E-state index is 0.0552. The van der Waals surface area contributed by atoms with Crippen LogP contribution in [0.5, 0.6) is 0 Å². The van der Waals surface area contributed by atoms with Gasteiger partial charge in [-0.2, -0.15) is 0 Å². The summed E-state index contributed by atoms with van der Waals surface area (Å²) in [5.74, 6) is 1.09. The lowest BCUT2D eigenvalue weighted by atomic mass is 9.90. The van der Waals surface area contributed by atoms with Crippen molar-refractivity contribution in [2.24, 2.45) is 5.73 Å². The number of piperazine rings is 1. The Morgan fingerprint density at radius 3 is 2.24 bits per heavy atom. The largest absolute Gasteiger partial charge is 0.354 e. The summed E-state index contributed by atoms with van der Waals surface area (Å²) in [6, 6.07) is 4.93. The average Bonchev–Trinajstić information content (AvgIpc) is 2.46. The fourth-order valence-corrected chi connectivity index (χ4v) is 2.70. The maximum absolute atomic E-state index is 5.87. The molecule has 0 spiro atoms. The Hall–Kier alpha value is -1.13. The zero-order valence-electron chi connectivity index (χ0n) is 14.2. The second-order valence-electron chi connectivity index (χ2n) is 7.29. The van der Waals surface area contributed by atoms with E-state index in [0.717, 1.165) is 37.7 Å². The quantitative estimate of drug-likeness (QED) is 0.928. The van der Waals surface area contributed by atoms with E-state index in [4.69, 9.17) is 10.7 Å². The van der Waals surface area contributed by atoms with Crippen molar-refractivity contribution in [1.82, 2.24) is 9.88 Å². The molecule has 0 radical (unpaired) electrons. The first-order chi connectivity index (χ1) is 9.81. The smallest absolute Gasteiger partial charge is 0.129 e. The third-order valence-electron chi connectivity index (χ3n) is 4.24. The monoisotopic (exact) mass is 290 g/mol. The number of hydrogen-bond donors (Lipinski definition) is 1. The molecular weight excluding hydrogens is 260 g/mol. The van der Waals surface area contributed by atoms with Gasteiger partial charge in [0, 0.05) is 49.9 Å². The molecule has 1 aliphatic rings. The highest BCUT2D eigenvalue weighted by molar-refractivity contribution is 5.44. The highest BCUT2D eigenvalue weighted by atomic mass is 15.3. The van der Waals surface area contributed by atoms with Crippen molar-refractivity contribution >= 4 is 5.82 Å². The van der Waals surface area contributed by atoms with Crippen LogP contribution in [-0.4, -0.2) is 42.1 Å². The average molecular weight is 290 g/mol. The molecule has 1 fully saturated rings. The Bertz CT molecular complexity index is 468. The first-order valence-corrected chi connectivity index (χ1v) is 8.02. The van der Waals surface area contributed by atoms with E-state index in [1.165, 1.54) is 5.56 Å². The van der Waals surface area contributed by atoms with Crippen LogP contribution in [0.25, 0.3) is 0 Å². The van der Waals surface area contributed by atoms with E-state index in [2.05, 4.69) is 56.6 Å². The number of nitrogens with zero attached hydrogens (tertiary/aromatic N) is 3. The lowest BCUT2D eigenvalue weighted by Crippen LogP contribution is -2.49. The molecule has 0 aliphatic carbocycles. The molecule has 0 saturated carbocycles. The van der Waals surface area contributed by atoms with Crippen LogP contribution >= 0.6 is 0 Å². The van der Waals surface area contributed by atoms with Crippen LogP contribution in [0, 0.1) is 0 Å². The molecule has 0 atom stereocenters. The summed E-state index contributed by atoms with van der Waals surface area (Å²) in [5, 5.41) is 0. The van der Waals surface area contributed by atoms with Crippen molar-refractivity contribution in [3.8, 4) is 0 Å². The van der Waals surface area contributed by atoms with Gasteiger partial charge in [0.1, 0.15) is 5.82 Å². The lowest BCUT2D eigenvalue weighted by Gasteiger charge is -2.38. The van der Waals surface area contributed by atoms with Crippen LogP contribution in [-0.2, 0) is 12.0 Å². The topological polar surface area (TPSA) is 45.4 Å². The zero-order chi connectivity index (χ0) is 15.6. The minimum atomic E-state index is 0.0552. The molecule has 0 bridgehead atoms. The number of nitrogens with two attached hydrogens (primary N) is 1. The van der Waals surface area contributed by atoms with E-state index in [1.807, 2.05) is 0 Å². The van der Waals surface area contributed by atoms with Crippen LogP contribution in [0.15, 0.2) is 12.1 Å². The summed E-state index contributed by atoms with van der Waals surface area (Å²) in [4.78, 5) is 9.82. The van der Waals surface area contributed by atoms with Crippen molar-refractivity contribution in [2.45, 2.75) is 52.6 Å². The molecule has 0 aromatic carbocycles. The van der Waals surface area contributed by atoms with Crippen molar-refractivity contribution in [3.05, 3.63) is 23.4 Å². The van der Waals surface area contributed by atoms with Gasteiger partial charge < -0.3 is 10.6 Å². The predicted molar refractivity (Wildman–Crippen MR) is 89.8 cm³/mol. The van der Waals surface area contributed by atoms with Gasteiger partial charge >= 0.3 is 0 Å². The van der Waals surface area contributed by atoms with E-state index >= 15 is 0 Å². The van der Waals surface area contributed by atoms with Crippen molar-refractivity contribution in [2.75, 3.05) is 31.1 Å². The third kappa shape index (κ3) is 3.95. The van der Waals surface area contributed by atoms with Crippen molar-refractivity contribution in [3.63, 3.8) is 0 Å². The van der Waals surface area contributed by atoms with Gasteiger partial charge in [0.05, 0.1) is 0 Å². The van der Waals surface area contributed by atoms with Crippen LogP contribution in [0.4, 0.5) is 5.82 Å². The van der Waals surface area contributed by atoms with Crippen LogP contribution < -0.4 is 10.6 Å². The van der Waals surface area contributed by atoms with Crippen LogP contribution in [0.3, 0.4) is 0 Å². The van der Waals surface area contributed by atoms with E-state index in [-0.39, 0.29) is 5.41 Å². The molecule has 0 unspecified atom stereocenters. The molecule has 1 aromatic heterocycles. The van der Waals surface area contributed by atoms with E-state index in [1.54, 1.807) is 0 Å². The molecule has 118 valence electrons. The van der Waals surface area contributed by atoms with Gasteiger partial charge in [-0.15, -0.1) is 0 Å². The minimum Gasteiger partial charge on any atom is -0.354 e. The van der Waals surface area contributed by atoms with Gasteiger partial charge in [-0.1, -0.05) is 20.8 Å². The molecule has 1 aliphatic heterocycles. The lowest BCUT2D eigenvalue weighted by molar-refractivity contribution is 0.209. The highest BCUT2D eigenvalue weighted by Crippen LogP contribution is 2.25. The summed E-state index contributed by atoms with van der Waals surface area (Å²) in [6.45, 7) is 16.0. The van der Waals surface area contributed by atoms with Gasteiger partial charge in [0.15, 0.2) is 0 Å². The van der Waals surface area contributed by atoms with Crippen LogP contribution in [0.1, 0.15) is 45.9 Å². The summed E-state index contributed by atoms with van der Waals surface area (Å²) < 4.78 is 0. The predicted octanol–water partition coefficient (Wildman–Crippen LogP) is 2.37. The molecule has 4 heteroatoms. The first-order valence-electron chi connectivity index (χ1n) is 8.02. The number of hydrogen-bond acceptors (Lipinski definition) is 4. The molecule has 2 rings (SSSR count). The molecule has 2 heterocycles. The molecule has 2 N–H and O–H groups in total. The summed E-state index contributed by atoms with van der Waals surface area (Å²) in [6.07, 6.45) is 0. The third-order valence-corrected chi connectivity index (χ3v) is 4.24. The number of anilines is 1. The number of pyridine rings is 1. The van der Waals surface area contributed by atoms with Gasteiger partial charge in [-0.25, -0.2) is 4.98 Å². The Kier molecular flexibility index (Phi) is 4.89. The molecular formula is C17H30N4. The molecule has 1 aromatic rings. The normalized spacial score (nSPS) is 17.6. The molecule has 1 saturated heterocycles. The SMILES string of the molecule is CC(C)N1CCN(c2cc(CN)cc(C(C)(C)C)n2)CC1. The summed E-state index contributed by atoms with van der Waals surface area (Å²) >= 11 is 0. The molecule has 21 heavy (non-hydrogen) atoms. The fraction of sp³-hybridized carbons (Fsp3) is 0.706. The second kappa shape index (κ2) is 6.32. The summed E-state index contributed by atoms with van der Waals surface area (Å²) in [5.41, 5.74) is 8.23. The number of rotatable bonds is 3. The number of aromatic nitrogens is 1. The van der Waals surface area contributed by atoms with E-state index in [9.17, 15) is 0 Å². The fourth-order valence-electron chi connectivity index (χ4n) is 2.70. The molecule has 0 amide bonds. The van der Waals surface area contributed by atoms with Gasteiger partial charge in [-0.3, -0.25) is 4.90 Å². The van der Waals surface area contributed by atoms with Gasteiger partial charge in [0.25, 0.3) is 0 Å². The van der Waals surface area contributed by atoms with Crippen LogP contribution in [0.2, 0.25) is 0 Å². The maximum Gasteiger partial charge on any atom is 0.129 e. The Balaban J connectivity index is 2.20. The van der Waals surface area contributed by atoms with Crippen molar-refractivity contribution < 1.29 is 0 Å². The Morgan fingerprint density at radius 1 is 1.14 bits per heavy atom. The Morgan fingerprint density at radius 2 is 1.76 bits per heavy atom. The zero-order valence-corrected chi connectivity index (χ0v) is 14.2. The second-order valence-corrected chi connectivity index (χ2v) is 7.29. The highest BCUT2D eigenvalue weighted by Gasteiger charge is 2.22. The maximum atomic E-state index is 5.87. The van der Waals surface area contributed by atoms with Crippen molar-refractivity contribution in [1.29, 1.82) is 0 Å². The van der Waals surface area contributed by atoms with E-state index < -0.39 is 0 Å².